The standard InChI is InChI=1S/C12H18N4O3/c17-6-8-5-16(1-2-19-8)12(18)10-3-9-11(4-13-10)15-7-14-9/h7-8,10,13,17H,1-6H2,(H,14,15). The number of fused-ring (bicyclic) bond motifs is 1. The van der Waals surface area contributed by atoms with Gasteiger partial charge in [0.2, 0.25) is 5.91 Å². The predicted molar refractivity (Wildman–Crippen MR) is 66.3 cm³/mol. The van der Waals surface area contributed by atoms with Gasteiger partial charge in [-0.25, -0.2) is 4.98 Å². The average molecular weight is 266 g/mol. The van der Waals surface area contributed by atoms with Gasteiger partial charge in [-0.1, -0.05) is 0 Å². The molecule has 7 nitrogen and oxygen atoms in total. The van der Waals surface area contributed by atoms with Gasteiger partial charge >= 0.3 is 0 Å². The summed E-state index contributed by atoms with van der Waals surface area (Å²) in [5.74, 6) is 0.0652. The summed E-state index contributed by atoms with van der Waals surface area (Å²) in [5.41, 5.74) is 2.02. The van der Waals surface area contributed by atoms with E-state index in [1.165, 1.54) is 0 Å². The summed E-state index contributed by atoms with van der Waals surface area (Å²) in [4.78, 5) is 21.5. The first-order chi connectivity index (χ1) is 9.28. The van der Waals surface area contributed by atoms with Gasteiger partial charge in [0.25, 0.3) is 0 Å². The van der Waals surface area contributed by atoms with Crippen molar-refractivity contribution < 1.29 is 14.6 Å². The van der Waals surface area contributed by atoms with Gasteiger partial charge in [-0.05, 0) is 0 Å². The number of aromatic nitrogens is 2. The molecule has 1 saturated heterocycles. The number of hydrogen-bond acceptors (Lipinski definition) is 5. The van der Waals surface area contributed by atoms with Gasteiger partial charge in [0.05, 0.1) is 43.1 Å². The molecule has 0 aliphatic carbocycles. The quantitative estimate of drug-likeness (QED) is 0.615. The number of aromatic amines is 1. The van der Waals surface area contributed by atoms with E-state index in [1.807, 2.05) is 0 Å². The Balaban J connectivity index is 1.65. The number of ether oxygens (including phenoxy) is 1. The van der Waals surface area contributed by atoms with Crippen molar-refractivity contribution in [2.45, 2.75) is 25.1 Å². The lowest BCUT2D eigenvalue weighted by Gasteiger charge is -2.35. The molecule has 0 radical (unpaired) electrons. The number of aliphatic hydroxyl groups excluding tert-OH is 1. The molecule has 104 valence electrons. The molecule has 3 rings (SSSR count). The maximum atomic E-state index is 12.4. The smallest absolute Gasteiger partial charge is 0.240 e. The van der Waals surface area contributed by atoms with Crippen molar-refractivity contribution in [2.24, 2.45) is 0 Å². The molecule has 2 atom stereocenters. The number of carbonyl (C=O) groups is 1. The van der Waals surface area contributed by atoms with Crippen LogP contribution in [0.2, 0.25) is 0 Å². The summed E-state index contributed by atoms with van der Waals surface area (Å²) >= 11 is 0. The largest absolute Gasteiger partial charge is 0.394 e. The Morgan fingerprint density at radius 2 is 2.53 bits per heavy atom. The van der Waals surface area contributed by atoms with E-state index >= 15 is 0 Å². The van der Waals surface area contributed by atoms with E-state index in [4.69, 9.17) is 9.84 Å². The van der Waals surface area contributed by atoms with Gasteiger partial charge in [0, 0.05) is 26.1 Å². The Labute approximate surface area is 111 Å². The number of nitrogens with zero attached hydrogens (tertiary/aromatic N) is 2. The van der Waals surface area contributed by atoms with E-state index in [-0.39, 0.29) is 24.7 Å². The Morgan fingerprint density at radius 1 is 1.63 bits per heavy atom. The molecule has 0 bridgehead atoms. The van der Waals surface area contributed by atoms with E-state index in [1.54, 1.807) is 11.2 Å². The molecule has 1 fully saturated rings. The highest BCUT2D eigenvalue weighted by molar-refractivity contribution is 5.82. The molecule has 1 aromatic heterocycles. The van der Waals surface area contributed by atoms with E-state index in [9.17, 15) is 4.79 Å². The van der Waals surface area contributed by atoms with Crippen molar-refractivity contribution in [1.29, 1.82) is 0 Å². The van der Waals surface area contributed by atoms with Gasteiger partial charge in [-0.15, -0.1) is 0 Å². The molecule has 2 aliphatic rings. The minimum atomic E-state index is -0.262. The van der Waals surface area contributed by atoms with Crippen LogP contribution in [-0.2, 0) is 22.5 Å². The Bertz CT molecular complexity index is 462. The Kier molecular flexibility index (Phi) is 3.50. The van der Waals surface area contributed by atoms with Crippen LogP contribution in [0.4, 0.5) is 0 Å². The second kappa shape index (κ2) is 5.28. The topological polar surface area (TPSA) is 90.5 Å². The zero-order chi connectivity index (χ0) is 13.2. The van der Waals surface area contributed by atoms with Crippen LogP contribution in [0.1, 0.15) is 11.4 Å². The lowest BCUT2D eigenvalue weighted by atomic mass is 10.0. The van der Waals surface area contributed by atoms with Gasteiger partial charge in [0.1, 0.15) is 0 Å². The summed E-state index contributed by atoms with van der Waals surface area (Å²) in [6.45, 7) is 2.12. The van der Waals surface area contributed by atoms with E-state index in [0.29, 0.717) is 32.7 Å². The summed E-state index contributed by atoms with van der Waals surface area (Å²) in [6, 6.07) is -0.228. The zero-order valence-corrected chi connectivity index (χ0v) is 10.6. The van der Waals surface area contributed by atoms with Crippen LogP contribution in [0.3, 0.4) is 0 Å². The minimum absolute atomic E-state index is 0.0502. The molecule has 3 heterocycles. The second-order valence-electron chi connectivity index (χ2n) is 4.93. The average Bonchev–Trinajstić information content (AvgIpc) is 2.94. The number of imidazole rings is 1. The predicted octanol–water partition coefficient (Wildman–Crippen LogP) is -1.36. The number of hydrogen-bond donors (Lipinski definition) is 3. The van der Waals surface area contributed by atoms with Crippen LogP contribution in [0.5, 0.6) is 0 Å². The molecule has 1 amide bonds. The third kappa shape index (κ3) is 2.49. The Morgan fingerprint density at radius 3 is 3.37 bits per heavy atom. The molecule has 19 heavy (non-hydrogen) atoms. The number of morpholine rings is 1. The molecule has 3 N–H and O–H groups in total. The summed E-state index contributed by atoms with van der Waals surface area (Å²) in [6.07, 6.45) is 2.01. The van der Waals surface area contributed by atoms with Crippen LogP contribution >= 0.6 is 0 Å². The first-order valence-corrected chi connectivity index (χ1v) is 6.53. The SMILES string of the molecule is O=C(C1Cc2nc[nH]c2CN1)N1CCOC(CO)C1. The van der Waals surface area contributed by atoms with E-state index in [0.717, 1.165) is 11.4 Å². The van der Waals surface area contributed by atoms with Crippen molar-refractivity contribution >= 4 is 5.91 Å². The van der Waals surface area contributed by atoms with Crippen LogP contribution < -0.4 is 5.32 Å². The normalized spacial score (nSPS) is 27.1. The zero-order valence-electron chi connectivity index (χ0n) is 10.6. The van der Waals surface area contributed by atoms with Crippen molar-refractivity contribution in [3.63, 3.8) is 0 Å². The Hall–Kier alpha value is -1.44. The van der Waals surface area contributed by atoms with E-state index < -0.39 is 0 Å². The molecular formula is C12H18N4O3. The first kappa shape index (κ1) is 12.6. The fraction of sp³-hybridized carbons (Fsp3) is 0.667. The van der Waals surface area contributed by atoms with E-state index in [2.05, 4.69) is 15.3 Å². The second-order valence-corrected chi connectivity index (χ2v) is 4.93. The van der Waals surface area contributed by atoms with Crippen molar-refractivity contribution in [3.8, 4) is 0 Å². The maximum absolute atomic E-state index is 12.4. The number of H-pyrrole nitrogens is 1. The van der Waals surface area contributed by atoms with Gasteiger partial charge in [-0.3, -0.25) is 10.1 Å². The van der Waals surface area contributed by atoms with Gasteiger partial charge in [-0.2, -0.15) is 0 Å². The summed E-state index contributed by atoms with van der Waals surface area (Å²) in [5, 5.41) is 12.3. The van der Waals surface area contributed by atoms with Gasteiger partial charge < -0.3 is 19.7 Å². The number of carbonyl (C=O) groups excluding carboxylic acids is 1. The highest BCUT2D eigenvalue weighted by atomic mass is 16.5. The number of aliphatic hydroxyl groups is 1. The molecule has 0 aromatic carbocycles. The van der Waals surface area contributed by atoms with Crippen LogP contribution in [0.25, 0.3) is 0 Å². The highest BCUT2D eigenvalue weighted by Crippen LogP contribution is 2.15. The van der Waals surface area contributed by atoms with Crippen molar-refractivity contribution in [3.05, 3.63) is 17.7 Å². The number of nitrogens with one attached hydrogen (secondary N) is 2. The first-order valence-electron chi connectivity index (χ1n) is 6.53. The molecule has 0 spiro atoms. The molecule has 2 aliphatic heterocycles. The van der Waals surface area contributed by atoms with Crippen molar-refractivity contribution in [2.75, 3.05) is 26.3 Å². The summed E-state index contributed by atoms with van der Waals surface area (Å²) < 4.78 is 5.36. The fourth-order valence-corrected chi connectivity index (χ4v) is 2.59. The molecule has 7 heteroatoms. The third-order valence-corrected chi connectivity index (χ3v) is 3.68. The molecule has 0 saturated carbocycles. The number of rotatable bonds is 2. The molecule has 2 unspecified atom stereocenters. The lowest BCUT2D eigenvalue weighted by Crippen LogP contribution is -2.54. The third-order valence-electron chi connectivity index (χ3n) is 3.68. The van der Waals surface area contributed by atoms with Crippen molar-refractivity contribution in [1.82, 2.24) is 20.2 Å². The monoisotopic (exact) mass is 266 g/mol. The van der Waals surface area contributed by atoms with Crippen LogP contribution in [0, 0.1) is 0 Å². The van der Waals surface area contributed by atoms with Crippen LogP contribution in [0.15, 0.2) is 6.33 Å². The van der Waals surface area contributed by atoms with Crippen LogP contribution in [-0.4, -0.2) is 64.3 Å². The molecule has 1 aromatic rings. The molecular weight excluding hydrogens is 248 g/mol. The highest BCUT2D eigenvalue weighted by Gasteiger charge is 2.32. The summed E-state index contributed by atoms with van der Waals surface area (Å²) in [7, 11) is 0. The lowest BCUT2D eigenvalue weighted by molar-refractivity contribution is -0.142. The fourth-order valence-electron chi connectivity index (χ4n) is 2.59. The number of amides is 1. The van der Waals surface area contributed by atoms with Gasteiger partial charge in [0.15, 0.2) is 0 Å². The maximum Gasteiger partial charge on any atom is 0.240 e. The minimum Gasteiger partial charge on any atom is -0.394 e.